The number of hydrogen-bond acceptors (Lipinski definition) is 4. The number of rotatable bonds is 3. The first-order chi connectivity index (χ1) is 11.7. The van der Waals surface area contributed by atoms with E-state index in [9.17, 15) is 8.78 Å². The van der Waals surface area contributed by atoms with E-state index in [1.807, 2.05) is 6.07 Å². The number of anilines is 2. The van der Waals surface area contributed by atoms with Crippen molar-refractivity contribution >= 4 is 17.3 Å². The van der Waals surface area contributed by atoms with Gasteiger partial charge in [0.15, 0.2) is 23.1 Å². The first-order valence-electron chi connectivity index (χ1n) is 7.18. The molecule has 3 heterocycles. The Labute approximate surface area is 135 Å². The van der Waals surface area contributed by atoms with Crippen LogP contribution in [0.15, 0.2) is 61.1 Å². The Hall–Kier alpha value is -3.35. The molecule has 0 aliphatic rings. The number of hydrogen-bond donors (Lipinski definition) is 1. The zero-order valence-electron chi connectivity index (χ0n) is 12.3. The average Bonchev–Trinajstić information content (AvgIpc) is 3.06. The summed E-state index contributed by atoms with van der Waals surface area (Å²) in [6.07, 6.45) is 4.88. The average molecular weight is 323 g/mol. The van der Waals surface area contributed by atoms with Crippen LogP contribution in [0.1, 0.15) is 0 Å². The fourth-order valence-corrected chi connectivity index (χ4v) is 2.37. The van der Waals surface area contributed by atoms with Crippen LogP contribution in [-0.4, -0.2) is 19.6 Å². The molecule has 1 aromatic carbocycles. The van der Waals surface area contributed by atoms with Crippen molar-refractivity contribution in [3.63, 3.8) is 0 Å². The molecule has 0 unspecified atom stereocenters. The summed E-state index contributed by atoms with van der Waals surface area (Å²) in [4.78, 5) is 8.34. The zero-order valence-corrected chi connectivity index (χ0v) is 12.3. The van der Waals surface area contributed by atoms with Crippen molar-refractivity contribution in [2.24, 2.45) is 0 Å². The fourth-order valence-electron chi connectivity index (χ4n) is 2.37. The van der Waals surface area contributed by atoms with Crippen molar-refractivity contribution in [2.75, 3.05) is 5.32 Å². The van der Waals surface area contributed by atoms with Crippen LogP contribution in [-0.2, 0) is 0 Å². The second-order valence-electron chi connectivity index (χ2n) is 5.11. The molecule has 24 heavy (non-hydrogen) atoms. The Balaban J connectivity index is 1.60. The van der Waals surface area contributed by atoms with Gasteiger partial charge in [0.2, 0.25) is 0 Å². The van der Waals surface area contributed by atoms with Gasteiger partial charge in [0, 0.05) is 29.7 Å². The van der Waals surface area contributed by atoms with Crippen molar-refractivity contribution in [3.8, 4) is 11.1 Å². The zero-order chi connectivity index (χ0) is 16.5. The number of nitrogens with zero attached hydrogens (tertiary/aromatic N) is 4. The maximum atomic E-state index is 13.8. The fraction of sp³-hybridized carbons (Fsp3) is 0. The van der Waals surface area contributed by atoms with Gasteiger partial charge in [-0.05, 0) is 30.3 Å². The number of pyridine rings is 1. The minimum absolute atomic E-state index is 0.173. The summed E-state index contributed by atoms with van der Waals surface area (Å²) in [6, 6.07) is 11.0. The second-order valence-corrected chi connectivity index (χ2v) is 5.11. The highest BCUT2D eigenvalue weighted by atomic mass is 19.2. The Kier molecular flexibility index (Phi) is 3.38. The third-order valence-electron chi connectivity index (χ3n) is 3.54. The van der Waals surface area contributed by atoms with Gasteiger partial charge >= 0.3 is 0 Å². The smallest absolute Gasteiger partial charge is 0.166 e. The Bertz CT molecular complexity index is 1010. The molecule has 0 aliphatic carbocycles. The molecule has 1 N–H and O–H groups in total. The van der Waals surface area contributed by atoms with Crippen molar-refractivity contribution < 1.29 is 8.78 Å². The highest BCUT2D eigenvalue weighted by molar-refractivity contribution is 5.65. The summed E-state index contributed by atoms with van der Waals surface area (Å²) < 4.78 is 28.8. The highest BCUT2D eigenvalue weighted by Crippen LogP contribution is 2.25. The number of halogens is 2. The third kappa shape index (κ3) is 2.56. The van der Waals surface area contributed by atoms with Crippen molar-refractivity contribution in [3.05, 3.63) is 72.7 Å². The summed E-state index contributed by atoms with van der Waals surface area (Å²) in [5.74, 6) is -0.625. The molecular weight excluding hydrogens is 312 g/mol. The van der Waals surface area contributed by atoms with Gasteiger partial charge in [0.05, 0.1) is 0 Å². The minimum atomic E-state index is -0.882. The predicted molar refractivity (Wildman–Crippen MR) is 85.9 cm³/mol. The minimum Gasteiger partial charge on any atom is -0.324 e. The molecule has 0 saturated heterocycles. The molecule has 0 atom stereocenters. The van der Waals surface area contributed by atoms with Crippen LogP contribution in [0.25, 0.3) is 16.8 Å². The number of benzene rings is 1. The van der Waals surface area contributed by atoms with E-state index in [4.69, 9.17) is 0 Å². The topological polar surface area (TPSA) is 55.1 Å². The third-order valence-corrected chi connectivity index (χ3v) is 3.54. The summed E-state index contributed by atoms with van der Waals surface area (Å²) in [7, 11) is 0. The molecule has 7 heteroatoms. The Morgan fingerprint density at radius 2 is 1.79 bits per heavy atom. The molecule has 0 amide bonds. The normalized spacial score (nSPS) is 10.9. The van der Waals surface area contributed by atoms with Crippen LogP contribution in [0.3, 0.4) is 0 Å². The summed E-state index contributed by atoms with van der Waals surface area (Å²) in [5, 5.41) is 7.38. The Morgan fingerprint density at radius 1 is 0.917 bits per heavy atom. The molecule has 0 aliphatic heterocycles. The van der Waals surface area contributed by atoms with Gasteiger partial charge in [-0.3, -0.25) is 0 Å². The van der Waals surface area contributed by atoms with E-state index < -0.39 is 11.6 Å². The summed E-state index contributed by atoms with van der Waals surface area (Å²) >= 11 is 0. The van der Waals surface area contributed by atoms with Crippen LogP contribution in [0.2, 0.25) is 0 Å². The van der Waals surface area contributed by atoms with E-state index in [1.165, 1.54) is 18.3 Å². The molecule has 5 nitrogen and oxygen atoms in total. The van der Waals surface area contributed by atoms with Gasteiger partial charge in [0.25, 0.3) is 0 Å². The van der Waals surface area contributed by atoms with Crippen LogP contribution in [0, 0.1) is 11.6 Å². The first-order valence-corrected chi connectivity index (χ1v) is 7.18. The van der Waals surface area contributed by atoms with Gasteiger partial charge in [0.1, 0.15) is 5.82 Å². The van der Waals surface area contributed by atoms with E-state index in [0.29, 0.717) is 17.2 Å². The van der Waals surface area contributed by atoms with E-state index in [2.05, 4.69) is 20.4 Å². The van der Waals surface area contributed by atoms with Gasteiger partial charge in [-0.1, -0.05) is 12.1 Å². The lowest BCUT2D eigenvalue weighted by Gasteiger charge is -2.07. The molecular formula is C17H11F2N5. The number of aromatic nitrogens is 4. The van der Waals surface area contributed by atoms with Crippen LogP contribution < -0.4 is 5.32 Å². The van der Waals surface area contributed by atoms with Gasteiger partial charge in [-0.2, -0.15) is 0 Å². The van der Waals surface area contributed by atoms with E-state index >= 15 is 0 Å². The highest BCUT2D eigenvalue weighted by Gasteiger charge is 2.10. The molecule has 0 saturated carbocycles. The quantitative estimate of drug-likeness (QED) is 0.623. The maximum Gasteiger partial charge on any atom is 0.166 e. The number of fused-ring (bicyclic) bond motifs is 1. The molecule has 0 spiro atoms. The lowest BCUT2D eigenvalue weighted by Crippen LogP contribution is -2.00. The van der Waals surface area contributed by atoms with Crippen molar-refractivity contribution in [1.29, 1.82) is 0 Å². The maximum absolute atomic E-state index is 13.8. The van der Waals surface area contributed by atoms with Gasteiger partial charge < -0.3 is 5.32 Å². The molecule has 118 valence electrons. The molecule has 0 bridgehead atoms. The van der Waals surface area contributed by atoms with Crippen LogP contribution in [0.4, 0.5) is 20.4 Å². The molecule has 3 aromatic heterocycles. The first kappa shape index (κ1) is 14.3. The van der Waals surface area contributed by atoms with Gasteiger partial charge in [-0.15, -0.1) is 5.10 Å². The molecule has 0 fully saturated rings. The van der Waals surface area contributed by atoms with Gasteiger partial charge in [-0.25, -0.2) is 23.3 Å². The predicted octanol–water partition coefficient (Wildman–Crippen LogP) is 3.81. The standard InChI is InChI=1S/C17H11F2N5/c18-13-3-1-2-12(17(13)19)11-4-5-14(21-10-11)22-15-6-7-16-20-8-9-24(16)23-15/h1-10H,(H,21,22,23). The van der Waals surface area contributed by atoms with Crippen molar-refractivity contribution in [2.45, 2.75) is 0 Å². The Morgan fingerprint density at radius 3 is 2.62 bits per heavy atom. The molecule has 0 radical (unpaired) electrons. The lowest BCUT2D eigenvalue weighted by molar-refractivity contribution is 0.511. The molecule has 4 aromatic rings. The summed E-state index contributed by atoms with van der Waals surface area (Å²) in [6.45, 7) is 0. The number of nitrogens with one attached hydrogen (secondary N) is 1. The van der Waals surface area contributed by atoms with Crippen LogP contribution >= 0.6 is 0 Å². The molecule has 4 rings (SSSR count). The second kappa shape index (κ2) is 5.69. The lowest BCUT2D eigenvalue weighted by atomic mass is 10.1. The SMILES string of the molecule is Fc1cccc(-c2ccc(Nc3ccc4nccn4n3)nc2)c1F. The largest absolute Gasteiger partial charge is 0.324 e. The summed E-state index contributed by atoms with van der Waals surface area (Å²) in [5.41, 5.74) is 1.41. The van der Waals surface area contributed by atoms with Crippen LogP contribution in [0.5, 0.6) is 0 Å². The van der Waals surface area contributed by atoms with E-state index in [0.717, 1.165) is 11.7 Å². The van der Waals surface area contributed by atoms with E-state index in [-0.39, 0.29) is 5.56 Å². The number of imidazole rings is 1. The monoisotopic (exact) mass is 323 g/mol. The van der Waals surface area contributed by atoms with Crippen molar-refractivity contribution in [1.82, 2.24) is 19.6 Å². The van der Waals surface area contributed by atoms with E-state index in [1.54, 1.807) is 35.1 Å².